The Morgan fingerprint density at radius 2 is 1.86 bits per heavy atom. The van der Waals surface area contributed by atoms with Crippen LogP contribution in [0.2, 0.25) is 0 Å². The van der Waals surface area contributed by atoms with Crippen molar-refractivity contribution >= 4 is 17.2 Å². The number of carbonyl (C=O) groups excluding carboxylic acids is 1. The summed E-state index contributed by atoms with van der Waals surface area (Å²) < 4.78 is 5.75. The number of hydrogen-bond donors (Lipinski definition) is 1. The molecule has 0 saturated carbocycles. The normalized spacial score (nSPS) is 12.6. The van der Waals surface area contributed by atoms with Crippen LogP contribution in [-0.4, -0.2) is 12.0 Å². The highest BCUT2D eigenvalue weighted by atomic mass is 32.1. The van der Waals surface area contributed by atoms with Gasteiger partial charge in [0.1, 0.15) is 5.75 Å². The molecule has 1 aromatic heterocycles. The average molecular weight is 391 g/mol. The van der Waals surface area contributed by atoms with Crippen molar-refractivity contribution in [2.75, 3.05) is 0 Å². The first-order valence-corrected chi connectivity index (χ1v) is 10.1. The Hall–Kier alpha value is -3.10. The summed E-state index contributed by atoms with van der Waals surface area (Å²) >= 11 is 1.61. The van der Waals surface area contributed by atoms with Gasteiger partial charge in [0.15, 0.2) is 6.10 Å². The molecule has 2 atom stereocenters. The lowest BCUT2D eigenvalue weighted by atomic mass is 10.0. The summed E-state index contributed by atoms with van der Waals surface area (Å²) in [5, 5.41) is 14.0. The van der Waals surface area contributed by atoms with Crippen molar-refractivity contribution < 1.29 is 9.53 Å². The Labute approximate surface area is 169 Å². The highest BCUT2D eigenvalue weighted by Gasteiger charge is 2.22. The summed E-state index contributed by atoms with van der Waals surface area (Å²) in [5.41, 5.74) is 2.86. The van der Waals surface area contributed by atoms with Gasteiger partial charge in [-0.15, -0.1) is 11.3 Å². The van der Waals surface area contributed by atoms with E-state index in [2.05, 4.69) is 42.6 Å². The third-order valence-electron chi connectivity index (χ3n) is 4.50. The summed E-state index contributed by atoms with van der Waals surface area (Å²) in [4.78, 5) is 13.9. The largest absolute Gasteiger partial charge is 0.481 e. The third-order valence-corrected chi connectivity index (χ3v) is 5.44. The Balaban J connectivity index is 1.73. The van der Waals surface area contributed by atoms with E-state index in [9.17, 15) is 4.79 Å². The second-order valence-electron chi connectivity index (χ2n) is 6.45. The molecule has 1 N–H and O–H groups in total. The van der Waals surface area contributed by atoms with Crippen LogP contribution in [0, 0.1) is 11.3 Å². The SMILES string of the molecule is CCc1ccc([C@H](NC(=O)[C@@H](C)Oc2ccc(C#N)cc2)c2cccs2)cc1. The van der Waals surface area contributed by atoms with E-state index in [1.807, 2.05) is 17.5 Å². The quantitative estimate of drug-likeness (QED) is 0.627. The fourth-order valence-corrected chi connectivity index (χ4v) is 3.65. The van der Waals surface area contributed by atoms with Gasteiger partial charge in [-0.2, -0.15) is 5.26 Å². The molecular formula is C23H22N2O2S. The van der Waals surface area contributed by atoms with Gasteiger partial charge in [0, 0.05) is 4.88 Å². The van der Waals surface area contributed by atoms with Gasteiger partial charge in [0.2, 0.25) is 0 Å². The number of amides is 1. The van der Waals surface area contributed by atoms with Crippen LogP contribution >= 0.6 is 11.3 Å². The van der Waals surface area contributed by atoms with Gasteiger partial charge >= 0.3 is 0 Å². The van der Waals surface area contributed by atoms with Crippen molar-refractivity contribution in [3.8, 4) is 11.8 Å². The molecule has 0 fully saturated rings. The molecule has 0 aliphatic heterocycles. The maximum absolute atomic E-state index is 12.8. The fourth-order valence-electron chi connectivity index (χ4n) is 2.85. The van der Waals surface area contributed by atoms with Crippen LogP contribution in [0.3, 0.4) is 0 Å². The van der Waals surface area contributed by atoms with Crippen LogP contribution in [0.15, 0.2) is 66.0 Å². The van der Waals surface area contributed by atoms with Gasteiger partial charge in [-0.05, 0) is 60.2 Å². The predicted octanol–water partition coefficient (Wildman–Crippen LogP) is 4.86. The molecule has 2 aromatic carbocycles. The molecule has 3 rings (SSSR count). The Morgan fingerprint density at radius 1 is 1.14 bits per heavy atom. The van der Waals surface area contributed by atoms with Crippen LogP contribution in [0.5, 0.6) is 5.75 Å². The Kier molecular flexibility index (Phi) is 6.46. The maximum Gasteiger partial charge on any atom is 0.261 e. The first-order chi connectivity index (χ1) is 13.6. The van der Waals surface area contributed by atoms with Crippen molar-refractivity contribution in [3.05, 3.63) is 87.6 Å². The first kappa shape index (κ1) is 19.7. The van der Waals surface area contributed by atoms with E-state index >= 15 is 0 Å². The van der Waals surface area contributed by atoms with E-state index in [-0.39, 0.29) is 11.9 Å². The number of ether oxygens (including phenoxy) is 1. The molecule has 0 radical (unpaired) electrons. The smallest absolute Gasteiger partial charge is 0.261 e. The molecule has 0 bridgehead atoms. The molecule has 5 heteroatoms. The molecule has 0 aliphatic rings. The number of hydrogen-bond acceptors (Lipinski definition) is 4. The Morgan fingerprint density at radius 3 is 2.43 bits per heavy atom. The molecule has 0 aliphatic carbocycles. The maximum atomic E-state index is 12.8. The lowest BCUT2D eigenvalue weighted by Gasteiger charge is -2.21. The molecule has 3 aromatic rings. The van der Waals surface area contributed by atoms with Crippen molar-refractivity contribution in [3.63, 3.8) is 0 Å². The van der Waals surface area contributed by atoms with Crippen molar-refractivity contribution in [1.82, 2.24) is 5.32 Å². The average Bonchev–Trinajstić information content (AvgIpc) is 3.27. The van der Waals surface area contributed by atoms with Gasteiger partial charge in [0.05, 0.1) is 17.7 Å². The third kappa shape index (κ3) is 4.79. The minimum Gasteiger partial charge on any atom is -0.481 e. The van der Waals surface area contributed by atoms with Crippen molar-refractivity contribution in [2.24, 2.45) is 0 Å². The van der Waals surface area contributed by atoms with Crippen LogP contribution in [0.4, 0.5) is 0 Å². The highest BCUT2D eigenvalue weighted by molar-refractivity contribution is 7.10. The van der Waals surface area contributed by atoms with E-state index < -0.39 is 6.10 Å². The van der Waals surface area contributed by atoms with Gasteiger partial charge in [-0.25, -0.2) is 0 Å². The number of nitriles is 1. The van der Waals surface area contributed by atoms with E-state index in [1.54, 1.807) is 42.5 Å². The van der Waals surface area contributed by atoms with E-state index in [4.69, 9.17) is 10.00 Å². The summed E-state index contributed by atoms with van der Waals surface area (Å²) in [5.74, 6) is 0.365. The number of carbonyl (C=O) groups is 1. The van der Waals surface area contributed by atoms with Crippen LogP contribution < -0.4 is 10.1 Å². The fraction of sp³-hybridized carbons (Fsp3) is 0.217. The van der Waals surface area contributed by atoms with Gasteiger partial charge in [-0.3, -0.25) is 4.79 Å². The lowest BCUT2D eigenvalue weighted by molar-refractivity contribution is -0.127. The van der Waals surface area contributed by atoms with Crippen molar-refractivity contribution in [2.45, 2.75) is 32.4 Å². The summed E-state index contributed by atoms with van der Waals surface area (Å²) in [6.45, 7) is 3.84. The lowest BCUT2D eigenvalue weighted by Crippen LogP contribution is -2.38. The molecule has 142 valence electrons. The minimum atomic E-state index is -0.662. The van der Waals surface area contributed by atoms with E-state index in [0.717, 1.165) is 16.9 Å². The zero-order valence-electron chi connectivity index (χ0n) is 15.9. The second-order valence-corrected chi connectivity index (χ2v) is 7.43. The Bertz CT molecular complexity index is 942. The standard InChI is InChI=1S/C23H22N2O2S/c1-3-17-6-10-19(11-7-17)22(21-5-4-14-28-21)25-23(26)16(2)27-20-12-8-18(15-24)9-13-20/h4-14,16,22H,3H2,1-2H3,(H,25,26)/t16-,22+/m1/s1. The molecule has 28 heavy (non-hydrogen) atoms. The number of rotatable bonds is 7. The predicted molar refractivity (Wildman–Crippen MR) is 111 cm³/mol. The molecule has 0 saturated heterocycles. The van der Waals surface area contributed by atoms with Crippen molar-refractivity contribution in [1.29, 1.82) is 5.26 Å². The first-order valence-electron chi connectivity index (χ1n) is 9.20. The number of nitrogens with one attached hydrogen (secondary N) is 1. The molecule has 0 spiro atoms. The zero-order chi connectivity index (χ0) is 19.9. The van der Waals surface area contributed by atoms with Crippen LogP contribution in [-0.2, 0) is 11.2 Å². The summed E-state index contributed by atoms with van der Waals surface area (Å²) in [6.07, 6.45) is 0.316. The monoisotopic (exact) mass is 390 g/mol. The molecule has 0 unspecified atom stereocenters. The van der Waals surface area contributed by atoms with Crippen LogP contribution in [0.25, 0.3) is 0 Å². The number of aryl methyl sites for hydroxylation is 1. The minimum absolute atomic E-state index is 0.192. The highest BCUT2D eigenvalue weighted by Crippen LogP contribution is 2.27. The number of nitrogens with zero attached hydrogens (tertiary/aromatic N) is 1. The molecule has 4 nitrogen and oxygen atoms in total. The molecule has 1 amide bonds. The molecule has 1 heterocycles. The number of benzene rings is 2. The van der Waals surface area contributed by atoms with Gasteiger partial charge < -0.3 is 10.1 Å². The second kappa shape index (κ2) is 9.20. The molecular weight excluding hydrogens is 368 g/mol. The van der Waals surface area contributed by atoms with E-state index in [0.29, 0.717) is 11.3 Å². The summed E-state index contributed by atoms with van der Waals surface area (Å²) in [7, 11) is 0. The zero-order valence-corrected chi connectivity index (χ0v) is 16.7. The van der Waals surface area contributed by atoms with E-state index in [1.165, 1.54) is 5.56 Å². The number of thiophene rings is 1. The van der Waals surface area contributed by atoms with Gasteiger partial charge in [0.25, 0.3) is 5.91 Å². The van der Waals surface area contributed by atoms with Gasteiger partial charge in [-0.1, -0.05) is 37.3 Å². The summed E-state index contributed by atoms with van der Waals surface area (Å²) in [6, 6.07) is 20.9. The topological polar surface area (TPSA) is 62.1 Å². The van der Waals surface area contributed by atoms with Crippen LogP contribution in [0.1, 0.15) is 41.5 Å².